The van der Waals surface area contributed by atoms with Crippen molar-refractivity contribution in [2.45, 2.75) is 31.7 Å². The van der Waals surface area contributed by atoms with Gasteiger partial charge in [0.2, 0.25) is 5.91 Å². The predicted molar refractivity (Wildman–Crippen MR) is 107 cm³/mol. The third-order valence-electron chi connectivity index (χ3n) is 4.72. The van der Waals surface area contributed by atoms with E-state index in [1.807, 2.05) is 0 Å². The van der Waals surface area contributed by atoms with Crippen molar-refractivity contribution >= 4 is 46.2 Å². The van der Waals surface area contributed by atoms with Gasteiger partial charge in [0, 0.05) is 19.2 Å². The van der Waals surface area contributed by atoms with Crippen LogP contribution in [0.4, 0.5) is 4.39 Å². The lowest BCUT2D eigenvalue weighted by Crippen LogP contribution is -2.49. The van der Waals surface area contributed by atoms with E-state index in [2.05, 4.69) is 0 Å². The number of hydrogen-bond donors (Lipinski definition) is 1. The van der Waals surface area contributed by atoms with Gasteiger partial charge in [0.15, 0.2) is 0 Å². The van der Waals surface area contributed by atoms with Gasteiger partial charge in [-0.1, -0.05) is 36.1 Å². The van der Waals surface area contributed by atoms with Crippen LogP contribution in [-0.4, -0.2) is 56.8 Å². The molecule has 0 aliphatic carbocycles. The van der Waals surface area contributed by atoms with Crippen molar-refractivity contribution in [1.82, 2.24) is 9.80 Å². The number of hydrogen-bond acceptors (Lipinski definition) is 5. The van der Waals surface area contributed by atoms with E-state index in [-0.39, 0.29) is 36.8 Å². The number of rotatable bonds is 5. The fourth-order valence-electron chi connectivity index (χ4n) is 3.39. The number of likely N-dealkylation sites (tertiary alicyclic amines) is 1. The number of amides is 2. The van der Waals surface area contributed by atoms with E-state index in [1.165, 1.54) is 17.0 Å². The maximum Gasteiger partial charge on any atom is 0.266 e. The Bertz CT molecular complexity index is 782. The summed E-state index contributed by atoms with van der Waals surface area (Å²) in [6.07, 6.45) is 4.95. The van der Waals surface area contributed by atoms with Gasteiger partial charge >= 0.3 is 0 Å². The van der Waals surface area contributed by atoms with Crippen LogP contribution in [0.25, 0.3) is 6.08 Å². The Labute approximate surface area is 167 Å². The number of nitrogens with zero attached hydrogens (tertiary/aromatic N) is 2. The fraction of sp³-hybridized carbons (Fsp3) is 0.421. The average molecular weight is 409 g/mol. The number of piperidine rings is 1. The number of halogens is 1. The number of thioether (sulfide) groups is 1. The quantitative estimate of drug-likeness (QED) is 0.600. The van der Waals surface area contributed by atoms with Gasteiger partial charge in [-0.3, -0.25) is 14.5 Å². The molecular weight excluding hydrogens is 387 g/mol. The minimum absolute atomic E-state index is 0.0116. The van der Waals surface area contributed by atoms with Crippen LogP contribution < -0.4 is 0 Å². The molecule has 0 unspecified atom stereocenters. The first-order chi connectivity index (χ1) is 13.0. The van der Waals surface area contributed by atoms with Crippen LogP contribution in [0.3, 0.4) is 0 Å². The first-order valence-electron chi connectivity index (χ1n) is 8.91. The number of carbonyl (C=O) groups is 2. The Balaban J connectivity index is 1.70. The molecule has 2 aliphatic rings. The van der Waals surface area contributed by atoms with Crippen LogP contribution in [0.15, 0.2) is 29.2 Å². The highest BCUT2D eigenvalue weighted by atomic mass is 32.2. The van der Waals surface area contributed by atoms with Crippen LogP contribution in [0, 0.1) is 5.82 Å². The van der Waals surface area contributed by atoms with Gasteiger partial charge < -0.3 is 10.0 Å². The lowest BCUT2D eigenvalue weighted by Gasteiger charge is -2.36. The minimum Gasteiger partial charge on any atom is -0.396 e. The standard InChI is InChI=1S/C19H21FN2O3S2/c20-14-5-3-4-13(10-14)11-16-18(25)22(19(26)27-16)12-17(24)21-8-2-1-6-15(21)7-9-23/h3-5,10-11,15,23H,1-2,6-9,12H2/b16-11-/t15-/m1/s1. The van der Waals surface area contributed by atoms with Gasteiger partial charge in [0.05, 0.1) is 4.91 Å². The summed E-state index contributed by atoms with van der Waals surface area (Å²) in [4.78, 5) is 28.9. The molecule has 2 fully saturated rings. The van der Waals surface area contributed by atoms with Crippen LogP contribution >= 0.6 is 24.0 Å². The molecule has 8 heteroatoms. The maximum absolute atomic E-state index is 13.3. The molecule has 0 spiro atoms. The first-order valence-corrected chi connectivity index (χ1v) is 10.1. The first kappa shape index (κ1) is 20.0. The van der Waals surface area contributed by atoms with Gasteiger partial charge in [0.1, 0.15) is 16.7 Å². The molecule has 1 atom stereocenters. The molecule has 1 aromatic carbocycles. The largest absolute Gasteiger partial charge is 0.396 e. The van der Waals surface area contributed by atoms with Crippen molar-refractivity contribution < 1.29 is 19.1 Å². The second-order valence-corrected chi connectivity index (χ2v) is 8.25. The maximum atomic E-state index is 13.3. The second-order valence-electron chi connectivity index (χ2n) is 6.57. The Morgan fingerprint density at radius 2 is 2.22 bits per heavy atom. The molecule has 0 aromatic heterocycles. The molecule has 0 bridgehead atoms. The number of benzene rings is 1. The van der Waals surface area contributed by atoms with E-state index in [0.29, 0.717) is 27.8 Å². The van der Waals surface area contributed by atoms with Gasteiger partial charge in [-0.05, 0) is 49.5 Å². The topological polar surface area (TPSA) is 60.9 Å². The van der Waals surface area contributed by atoms with Crippen LogP contribution in [0.1, 0.15) is 31.2 Å². The normalized spacial score (nSPS) is 22.0. The van der Waals surface area contributed by atoms with Crippen LogP contribution in [0.2, 0.25) is 0 Å². The summed E-state index contributed by atoms with van der Waals surface area (Å²) in [6.45, 7) is 0.566. The number of thiocarbonyl (C=S) groups is 1. The molecule has 27 heavy (non-hydrogen) atoms. The van der Waals surface area contributed by atoms with E-state index in [9.17, 15) is 19.1 Å². The summed E-state index contributed by atoms with van der Waals surface area (Å²) >= 11 is 6.40. The van der Waals surface area contributed by atoms with Gasteiger partial charge in [-0.2, -0.15) is 0 Å². The third kappa shape index (κ3) is 4.75. The fourth-order valence-corrected chi connectivity index (χ4v) is 4.64. The number of aliphatic hydroxyl groups excluding tert-OH is 1. The zero-order valence-corrected chi connectivity index (χ0v) is 16.4. The third-order valence-corrected chi connectivity index (χ3v) is 6.10. The summed E-state index contributed by atoms with van der Waals surface area (Å²) in [5.74, 6) is -0.871. The van der Waals surface area contributed by atoms with E-state index < -0.39 is 0 Å². The Morgan fingerprint density at radius 1 is 1.41 bits per heavy atom. The highest BCUT2D eigenvalue weighted by Crippen LogP contribution is 2.33. The molecule has 3 rings (SSSR count). The minimum atomic E-state index is -0.380. The molecule has 0 saturated carbocycles. The van der Waals surface area contributed by atoms with E-state index >= 15 is 0 Å². The van der Waals surface area contributed by atoms with Crippen molar-refractivity contribution in [2.24, 2.45) is 0 Å². The molecule has 0 radical (unpaired) electrons. The Hall–Kier alpha value is -1.77. The average Bonchev–Trinajstić information content (AvgIpc) is 2.90. The van der Waals surface area contributed by atoms with Crippen molar-refractivity contribution in [3.8, 4) is 0 Å². The highest BCUT2D eigenvalue weighted by Gasteiger charge is 2.36. The highest BCUT2D eigenvalue weighted by molar-refractivity contribution is 8.26. The molecule has 2 aliphatic heterocycles. The van der Waals surface area contributed by atoms with E-state index in [1.54, 1.807) is 23.1 Å². The molecule has 1 N–H and O–H groups in total. The van der Waals surface area contributed by atoms with Gasteiger partial charge in [0.25, 0.3) is 5.91 Å². The monoisotopic (exact) mass is 408 g/mol. The van der Waals surface area contributed by atoms with Crippen LogP contribution in [0.5, 0.6) is 0 Å². The van der Waals surface area contributed by atoms with Crippen molar-refractivity contribution in [2.75, 3.05) is 19.7 Å². The summed E-state index contributed by atoms with van der Waals surface area (Å²) in [5.41, 5.74) is 0.570. The van der Waals surface area contributed by atoms with Gasteiger partial charge in [-0.15, -0.1) is 0 Å². The predicted octanol–water partition coefficient (Wildman–Crippen LogP) is 2.79. The van der Waals surface area contributed by atoms with Crippen molar-refractivity contribution in [3.63, 3.8) is 0 Å². The summed E-state index contributed by atoms with van der Waals surface area (Å²) in [6, 6.07) is 5.96. The second kappa shape index (κ2) is 8.95. The zero-order chi connectivity index (χ0) is 19.4. The number of carbonyl (C=O) groups excluding carboxylic acids is 2. The lowest BCUT2D eigenvalue weighted by molar-refractivity contribution is -0.138. The van der Waals surface area contributed by atoms with E-state index in [0.717, 1.165) is 31.0 Å². The van der Waals surface area contributed by atoms with Crippen LogP contribution in [-0.2, 0) is 9.59 Å². The molecule has 2 saturated heterocycles. The Morgan fingerprint density at radius 3 is 2.96 bits per heavy atom. The van der Waals surface area contributed by atoms with Crippen molar-refractivity contribution in [3.05, 3.63) is 40.6 Å². The molecule has 5 nitrogen and oxygen atoms in total. The zero-order valence-electron chi connectivity index (χ0n) is 14.8. The molecule has 144 valence electrons. The summed E-state index contributed by atoms with van der Waals surface area (Å²) in [5, 5.41) is 9.22. The van der Waals surface area contributed by atoms with Gasteiger partial charge in [-0.25, -0.2) is 4.39 Å². The summed E-state index contributed by atoms with van der Waals surface area (Å²) < 4.78 is 13.7. The summed E-state index contributed by atoms with van der Waals surface area (Å²) in [7, 11) is 0. The number of aliphatic hydroxyl groups is 1. The lowest BCUT2D eigenvalue weighted by atomic mass is 9.99. The smallest absolute Gasteiger partial charge is 0.266 e. The molecule has 2 amide bonds. The van der Waals surface area contributed by atoms with Crippen molar-refractivity contribution in [1.29, 1.82) is 0 Å². The molecule has 2 heterocycles. The Kier molecular flexibility index (Phi) is 6.62. The molecule has 1 aromatic rings. The van der Waals surface area contributed by atoms with E-state index in [4.69, 9.17) is 12.2 Å². The molecular formula is C19H21FN2O3S2. The SMILES string of the molecule is O=C1/C(=C/c2cccc(F)c2)SC(=S)N1CC(=O)N1CCCC[C@@H]1CCO.